The van der Waals surface area contributed by atoms with Crippen LogP contribution in [-0.4, -0.2) is 30.4 Å². The van der Waals surface area contributed by atoms with Crippen LogP contribution in [0.15, 0.2) is 35.2 Å². The SMILES string of the molecule is CCC(=O)Nc1cc(S(=O)(=O)[O-])c(N)c2c1C(=O)c1ccccc1C2=O.[Na+]. The number of hydrogen-bond donors (Lipinski definition) is 2. The number of rotatable bonds is 3. The van der Waals surface area contributed by atoms with Crippen molar-refractivity contribution in [3.63, 3.8) is 0 Å². The standard InChI is InChI=1S/C17H14N2O6S.Na/c1-2-12(20)19-10-7-11(26(23,24)25)15(18)14-13(10)16(21)8-5-3-4-6-9(8)17(14)22;/h3-7H,2,18H2,1H3,(H,19,20)(H,23,24,25);/q;+1/p-1. The summed E-state index contributed by atoms with van der Waals surface area (Å²) in [4.78, 5) is 36.6. The quantitative estimate of drug-likeness (QED) is 0.305. The topological polar surface area (TPSA) is 146 Å². The van der Waals surface area contributed by atoms with Gasteiger partial charge in [-0.15, -0.1) is 0 Å². The molecule has 1 amide bonds. The van der Waals surface area contributed by atoms with Crippen molar-refractivity contribution >= 4 is 39.0 Å². The van der Waals surface area contributed by atoms with Crippen LogP contribution < -0.4 is 40.6 Å². The fraction of sp³-hybridized carbons (Fsp3) is 0.118. The van der Waals surface area contributed by atoms with Gasteiger partial charge in [-0.25, -0.2) is 8.42 Å². The first-order chi connectivity index (χ1) is 12.2. The van der Waals surface area contributed by atoms with E-state index in [2.05, 4.69) is 5.32 Å². The van der Waals surface area contributed by atoms with Gasteiger partial charge in [-0.1, -0.05) is 31.2 Å². The van der Waals surface area contributed by atoms with Gasteiger partial charge < -0.3 is 15.6 Å². The summed E-state index contributed by atoms with van der Waals surface area (Å²) in [5, 5.41) is 2.37. The second-order valence-corrected chi connectivity index (χ2v) is 6.99. The number of carbonyl (C=O) groups excluding carboxylic acids is 3. The Morgan fingerprint density at radius 3 is 2.11 bits per heavy atom. The molecule has 0 heterocycles. The predicted molar refractivity (Wildman–Crippen MR) is 91.0 cm³/mol. The molecule has 134 valence electrons. The molecule has 3 rings (SSSR count). The predicted octanol–water partition coefficient (Wildman–Crippen LogP) is -1.70. The van der Waals surface area contributed by atoms with Crippen LogP contribution in [0.1, 0.15) is 45.2 Å². The maximum atomic E-state index is 12.9. The maximum Gasteiger partial charge on any atom is 1.00 e. The summed E-state index contributed by atoms with van der Waals surface area (Å²) in [5.41, 5.74) is 4.47. The third kappa shape index (κ3) is 3.56. The van der Waals surface area contributed by atoms with Gasteiger partial charge in [-0.3, -0.25) is 14.4 Å². The summed E-state index contributed by atoms with van der Waals surface area (Å²) in [6.45, 7) is 1.55. The Morgan fingerprint density at radius 1 is 1.11 bits per heavy atom. The minimum absolute atomic E-state index is 0. The fourth-order valence-corrected chi connectivity index (χ4v) is 3.47. The Bertz CT molecular complexity index is 1090. The van der Waals surface area contributed by atoms with E-state index in [0.717, 1.165) is 6.07 Å². The minimum atomic E-state index is -5.04. The Labute approximate surface area is 177 Å². The van der Waals surface area contributed by atoms with Gasteiger partial charge in [0.1, 0.15) is 10.1 Å². The van der Waals surface area contributed by atoms with Gasteiger partial charge in [0, 0.05) is 17.5 Å². The van der Waals surface area contributed by atoms with E-state index in [1.165, 1.54) is 12.1 Å². The number of hydrogen-bond acceptors (Lipinski definition) is 7. The number of anilines is 2. The van der Waals surface area contributed by atoms with Crippen LogP contribution in [0.25, 0.3) is 0 Å². The van der Waals surface area contributed by atoms with Crippen molar-refractivity contribution in [2.45, 2.75) is 18.2 Å². The van der Waals surface area contributed by atoms with Crippen LogP contribution in [-0.2, 0) is 14.9 Å². The molecule has 3 N–H and O–H groups in total. The second kappa shape index (κ2) is 7.53. The number of nitrogens with two attached hydrogens (primary N) is 1. The van der Waals surface area contributed by atoms with Gasteiger partial charge in [0.15, 0.2) is 11.6 Å². The third-order valence-corrected chi connectivity index (χ3v) is 4.94. The molecule has 10 heteroatoms. The summed E-state index contributed by atoms with van der Waals surface area (Å²) in [5.74, 6) is -1.81. The van der Waals surface area contributed by atoms with E-state index in [1.807, 2.05) is 0 Å². The van der Waals surface area contributed by atoms with Gasteiger partial charge in [0.05, 0.1) is 27.4 Å². The zero-order chi connectivity index (χ0) is 19.2. The molecule has 1 aliphatic carbocycles. The number of nitrogens with one attached hydrogen (secondary N) is 1. The van der Waals surface area contributed by atoms with Crippen LogP contribution in [0.5, 0.6) is 0 Å². The molecule has 0 saturated carbocycles. The molecular formula is C17H13N2NaO6S. The van der Waals surface area contributed by atoms with Crippen molar-refractivity contribution in [2.24, 2.45) is 0 Å². The number of benzene rings is 2. The largest absolute Gasteiger partial charge is 1.00 e. The molecule has 2 aromatic carbocycles. The van der Waals surface area contributed by atoms with Crippen LogP contribution in [0.3, 0.4) is 0 Å². The maximum absolute atomic E-state index is 12.9. The Morgan fingerprint density at radius 2 is 1.63 bits per heavy atom. The molecule has 0 aliphatic heterocycles. The first-order valence-electron chi connectivity index (χ1n) is 7.57. The number of nitrogen functional groups attached to an aromatic ring is 1. The zero-order valence-electron chi connectivity index (χ0n) is 14.5. The summed E-state index contributed by atoms with van der Waals surface area (Å²) >= 11 is 0. The monoisotopic (exact) mass is 396 g/mol. The van der Waals surface area contributed by atoms with E-state index in [9.17, 15) is 27.4 Å². The summed E-state index contributed by atoms with van der Waals surface area (Å²) in [7, 11) is -5.04. The van der Waals surface area contributed by atoms with E-state index in [0.29, 0.717) is 0 Å². The van der Waals surface area contributed by atoms with Crippen molar-refractivity contribution in [3.8, 4) is 0 Å². The Hall–Kier alpha value is -2.04. The smallest absolute Gasteiger partial charge is 0.744 e. The van der Waals surface area contributed by atoms with Crippen molar-refractivity contribution in [2.75, 3.05) is 11.1 Å². The molecule has 8 nitrogen and oxygen atoms in total. The average Bonchev–Trinajstić information content (AvgIpc) is 2.59. The van der Waals surface area contributed by atoms with E-state index in [1.54, 1.807) is 19.1 Å². The second-order valence-electron chi connectivity index (χ2n) is 5.65. The molecular weight excluding hydrogens is 383 g/mol. The number of carbonyl (C=O) groups is 3. The van der Waals surface area contributed by atoms with Crippen molar-refractivity contribution in [1.82, 2.24) is 0 Å². The van der Waals surface area contributed by atoms with Gasteiger partial charge in [0.25, 0.3) is 0 Å². The third-order valence-electron chi connectivity index (χ3n) is 4.06. The van der Waals surface area contributed by atoms with Crippen LogP contribution >= 0.6 is 0 Å². The Balaban J connectivity index is 0.00000261. The van der Waals surface area contributed by atoms with Crippen molar-refractivity contribution in [3.05, 3.63) is 52.6 Å². The molecule has 0 spiro atoms. The number of fused-ring (bicyclic) bond motifs is 2. The van der Waals surface area contributed by atoms with Crippen LogP contribution in [0.2, 0.25) is 0 Å². The average molecular weight is 396 g/mol. The summed E-state index contributed by atoms with van der Waals surface area (Å²) in [6.07, 6.45) is 0.0390. The number of ketones is 2. The molecule has 0 fully saturated rings. The van der Waals surface area contributed by atoms with E-state index < -0.39 is 43.7 Å². The van der Waals surface area contributed by atoms with Gasteiger partial charge in [-0.05, 0) is 6.07 Å². The van der Waals surface area contributed by atoms with Crippen molar-refractivity contribution in [1.29, 1.82) is 0 Å². The van der Waals surface area contributed by atoms with E-state index >= 15 is 0 Å². The molecule has 0 saturated heterocycles. The van der Waals surface area contributed by atoms with Crippen LogP contribution in [0.4, 0.5) is 11.4 Å². The van der Waals surface area contributed by atoms with E-state index in [-0.39, 0.29) is 58.4 Å². The molecule has 0 atom stereocenters. The summed E-state index contributed by atoms with van der Waals surface area (Å²) in [6, 6.07) is 6.78. The molecule has 0 bridgehead atoms. The molecule has 0 radical (unpaired) electrons. The minimum Gasteiger partial charge on any atom is -0.744 e. The Kier molecular flexibility index (Phi) is 5.93. The van der Waals surface area contributed by atoms with Gasteiger partial charge >= 0.3 is 29.6 Å². The van der Waals surface area contributed by atoms with Gasteiger partial charge in [-0.2, -0.15) is 0 Å². The first kappa shape index (κ1) is 21.3. The molecule has 0 unspecified atom stereocenters. The first-order valence-corrected chi connectivity index (χ1v) is 8.98. The zero-order valence-corrected chi connectivity index (χ0v) is 17.3. The van der Waals surface area contributed by atoms with Crippen molar-refractivity contribution < 1.29 is 56.9 Å². The fourth-order valence-electron chi connectivity index (χ4n) is 2.84. The van der Waals surface area contributed by atoms with Crippen LogP contribution in [0, 0.1) is 0 Å². The van der Waals surface area contributed by atoms with Gasteiger partial charge in [0.2, 0.25) is 5.91 Å². The number of amides is 1. The molecule has 27 heavy (non-hydrogen) atoms. The summed E-state index contributed by atoms with van der Waals surface area (Å²) < 4.78 is 34.6. The van der Waals surface area contributed by atoms with E-state index in [4.69, 9.17) is 5.73 Å². The molecule has 1 aliphatic rings. The normalized spacial score (nSPS) is 12.7. The molecule has 0 aromatic heterocycles. The molecule has 2 aromatic rings.